The Kier molecular flexibility index (Phi) is 6.60. The van der Waals surface area contributed by atoms with Crippen LogP contribution >= 0.6 is 0 Å². The van der Waals surface area contributed by atoms with Gasteiger partial charge in [-0.25, -0.2) is 0 Å². The summed E-state index contributed by atoms with van der Waals surface area (Å²) in [5, 5.41) is 6.44. The Morgan fingerprint density at radius 2 is 2.06 bits per heavy atom. The second-order valence-electron chi connectivity index (χ2n) is 5.24. The number of carbonyl (C=O) groups excluding carboxylic acids is 1. The van der Waals surface area contributed by atoms with Gasteiger partial charge < -0.3 is 15.4 Å². The third-order valence-electron chi connectivity index (χ3n) is 3.34. The number of rotatable bonds is 6. The van der Waals surface area contributed by atoms with Crippen molar-refractivity contribution >= 4 is 5.91 Å². The normalized spacial score (nSPS) is 26.9. The first-order chi connectivity index (χ1) is 8.54. The average Bonchev–Trinajstić information content (AvgIpc) is 2.32. The highest BCUT2D eigenvalue weighted by Gasteiger charge is 2.27. The minimum Gasteiger partial charge on any atom is -0.385 e. The maximum Gasteiger partial charge on any atom is 0.237 e. The van der Waals surface area contributed by atoms with Gasteiger partial charge in [0.15, 0.2) is 0 Å². The zero-order valence-electron chi connectivity index (χ0n) is 12.0. The Labute approximate surface area is 110 Å². The van der Waals surface area contributed by atoms with Crippen molar-refractivity contribution in [3.63, 3.8) is 0 Å². The summed E-state index contributed by atoms with van der Waals surface area (Å²) in [5.41, 5.74) is 0. The molecule has 5 nitrogen and oxygen atoms in total. The molecule has 1 heterocycles. The van der Waals surface area contributed by atoms with Gasteiger partial charge in [0.25, 0.3) is 0 Å². The van der Waals surface area contributed by atoms with Gasteiger partial charge in [0, 0.05) is 45.4 Å². The first-order valence-corrected chi connectivity index (χ1v) is 6.81. The zero-order chi connectivity index (χ0) is 13.5. The molecule has 0 aromatic heterocycles. The van der Waals surface area contributed by atoms with Crippen LogP contribution in [-0.4, -0.2) is 62.3 Å². The highest BCUT2D eigenvalue weighted by atomic mass is 16.5. The Hall–Kier alpha value is -0.650. The molecule has 1 aliphatic heterocycles. The van der Waals surface area contributed by atoms with Crippen LogP contribution in [0, 0.1) is 0 Å². The summed E-state index contributed by atoms with van der Waals surface area (Å²) in [6, 6.07) is 0.828. The molecular weight excluding hydrogens is 230 g/mol. The van der Waals surface area contributed by atoms with E-state index in [9.17, 15) is 4.79 Å². The van der Waals surface area contributed by atoms with Crippen molar-refractivity contribution in [1.29, 1.82) is 0 Å². The van der Waals surface area contributed by atoms with Crippen molar-refractivity contribution in [2.24, 2.45) is 0 Å². The highest BCUT2D eigenvalue weighted by molar-refractivity contribution is 5.81. The number of amides is 1. The lowest BCUT2D eigenvalue weighted by Crippen LogP contribution is -2.59. The molecule has 1 fully saturated rings. The number of piperazine rings is 1. The van der Waals surface area contributed by atoms with Gasteiger partial charge in [0.1, 0.15) is 0 Å². The summed E-state index contributed by atoms with van der Waals surface area (Å²) in [6.07, 6.45) is 0.864. The van der Waals surface area contributed by atoms with Gasteiger partial charge in [-0.2, -0.15) is 0 Å². The second kappa shape index (κ2) is 7.71. The number of nitrogens with zero attached hydrogens (tertiary/aromatic N) is 1. The Balaban J connectivity index is 2.33. The van der Waals surface area contributed by atoms with E-state index in [2.05, 4.69) is 29.4 Å². The van der Waals surface area contributed by atoms with Crippen LogP contribution < -0.4 is 10.6 Å². The van der Waals surface area contributed by atoms with Crippen molar-refractivity contribution < 1.29 is 9.53 Å². The summed E-state index contributed by atoms with van der Waals surface area (Å²) >= 11 is 0. The monoisotopic (exact) mass is 257 g/mol. The van der Waals surface area contributed by atoms with Crippen molar-refractivity contribution in [3.05, 3.63) is 0 Å². The van der Waals surface area contributed by atoms with E-state index in [4.69, 9.17) is 4.74 Å². The predicted molar refractivity (Wildman–Crippen MR) is 72.6 cm³/mol. The standard InChI is InChI=1S/C13H27N3O2/c1-10-8-16(9-11(2)15-10)12(3)13(17)14-6-5-7-18-4/h10-12,15H,5-9H2,1-4H3,(H,14,17). The van der Waals surface area contributed by atoms with Crippen LogP contribution in [0.4, 0.5) is 0 Å². The zero-order valence-corrected chi connectivity index (χ0v) is 12.0. The van der Waals surface area contributed by atoms with Gasteiger partial charge in [-0.05, 0) is 27.2 Å². The van der Waals surface area contributed by atoms with Gasteiger partial charge in [-0.1, -0.05) is 0 Å². The first kappa shape index (κ1) is 15.4. The lowest BCUT2D eigenvalue weighted by molar-refractivity contribution is -0.126. The van der Waals surface area contributed by atoms with Crippen LogP contribution in [-0.2, 0) is 9.53 Å². The first-order valence-electron chi connectivity index (χ1n) is 6.81. The van der Waals surface area contributed by atoms with Crippen molar-refractivity contribution in [3.8, 4) is 0 Å². The van der Waals surface area contributed by atoms with E-state index < -0.39 is 0 Å². The molecule has 0 bridgehead atoms. The third kappa shape index (κ3) is 4.92. The number of hydrogen-bond acceptors (Lipinski definition) is 4. The van der Waals surface area contributed by atoms with Gasteiger partial charge in [-0.3, -0.25) is 9.69 Å². The van der Waals surface area contributed by atoms with Crippen LogP contribution in [0.25, 0.3) is 0 Å². The van der Waals surface area contributed by atoms with Gasteiger partial charge in [0.05, 0.1) is 6.04 Å². The largest absolute Gasteiger partial charge is 0.385 e. The lowest BCUT2D eigenvalue weighted by atomic mass is 10.1. The van der Waals surface area contributed by atoms with E-state index in [-0.39, 0.29) is 11.9 Å². The summed E-state index contributed by atoms with van der Waals surface area (Å²) < 4.78 is 4.96. The van der Waals surface area contributed by atoms with E-state index in [0.29, 0.717) is 25.2 Å². The molecule has 0 aliphatic carbocycles. The average molecular weight is 257 g/mol. The van der Waals surface area contributed by atoms with E-state index in [0.717, 1.165) is 19.5 Å². The minimum absolute atomic E-state index is 0.0560. The molecule has 0 saturated carbocycles. The molecule has 18 heavy (non-hydrogen) atoms. The van der Waals surface area contributed by atoms with Gasteiger partial charge in [-0.15, -0.1) is 0 Å². The number of hydrogen-bond donors (Lipinski definition) is 2. The fraction of sp³-hybridized carbons (Fsp3) is 0.923. The van der Waals surface area contributed by atoms with Crippen molar-refractivity contribution in [2.45, 2.75) is 45.3 Å². The van der Waals surface area contributed by atoms with E-state index in [1.807, 2.05) is 6.92 Å². The van der Waals surface area contributed by atoms with Crippen LogP contribution in [0.3, 0.4) is 0 Å². The van der Waals surface area contributed by atoms with Gasteiger partial charge in [0.2, 0.25) is 5.91 Å². The van der Waals surface area contributed by atoms with E-state index in [1.54, 1.807) is 7.11 Å². The number of carbonyl (C=O) groups is 1. The van der Waals surface area contributed by atoms with Crippen LogP contribution in [0.1, 0.15) is 27.2 Å². The Bertz CT molecular complexity index is 251. The SMILES string of the molecule is COCCCNC(=O)C(C)N1CC(C)NC(C)C1. The van der Waals surface area contributed by atoms with Crippen molar-refractivity contribution in [2.75, 3.05) is 33.4 Å². The predicted octanol–water partition coefficient (Wildman–Crippen LogP) is 0.210. The molecule has 2 N–H and O–H groups in total. The molecule has 1 rings (SSSR count). The second-order valence-corrected chi connectivity index (χ2v) is 5.24. The van der Waals surface area contributed by atoms with Crippen LogP contribution in [0.2, 0.25) is 0 Å². The molecular formula is C13H27N3O2. The molecule has 1 amide bonds. The topological polar surface area (TPSA) is 53.6 Å². The Morgan fingerprint density at radius 3 is 2.61 bits per heavy atom. The fourth-order valence-electron chi connectivity index (χ4n) is 2.43. The Morgan fingerprint density at radius 1 is 1.44 bits per heavy atom. The molecule has 3 unspecified atom stereocenters. The molecule has 1 saturated heterocycles. The van der Waals surface area contributed by atoms with Crippen LogP contribution in [0.15, 0.2) is 0 Å². The number of ether oxygens (including phenoxy) is 1. The maximum atomic E-state index is 12.0. The van der Waals surface area contributed by atoms with Crippen LogP contribution in [0.5, 0.6) is 0 Å². The fourth-order valence-corrected chi connectivity index (χ4v) is 2.43. The molecule has 106 valence electrons. The number of methoxy groups -OCH3 is 1. The third-order valence-corrected chi connectivity index (χ3v) is 3.34. The maximum absolute atomic E-state index is 12.0. The molecule has 5 heteroatoms. The summed E-state index contributed by atoms with van der Waals surface area (Å²) in [6.45, 7) is 9.53. The summed E-state index contributed by atoms with van der Waals surface area (Å²) in [4.78, 5) is 14.3. The van der Waals surface area contributed by atoms with E-state index in [1.165, 1.54) is 0 Å². The highest BCUT2D eigenvalue weighted by Crippen LogP contribution is 2.08. The van der Waals surface area contributed by atoms with E-state index >= 15 is 0 Å². The van der Waals surface area contributed by atoms with Gasteiger partial charge >= 0.3 is 0 Å². The molecule has 0 aromatic rings. The molecule has 0 radical (unpaired) electrons. The van der Waals surface area contributed by atoms with Crippen molar-refractivity contribution in [1.82, 2.24) is 15.5 Å². The summed E-state index contributed by atoms with van der Waals surface area (Å²) in [7, 11) is 1.67. The molecule has 0 spiro atoms. The molecule has 3 atom stereocenters. The quantitative estimate of drug-likeness (QED) is 0.668. The lowest BCUT2D eigenvalue weighted by Gasteiger charge is -2.39. The summed E-state index contributed by atoms with van der Waals surface area (Å²) in [5.74, 6) is 0.118. The minimum atomic E-state index is -0.0560. The number of nitrogens with one attached hydrogen (secondary N) is 2. The molecule has 1 aliphatic rings. The molecule has 0 aromatic carbocycles. The smallest absolute Gasteiger partial charge is 0.237 e.